The first-order valence-electron chi connectivity index (χ1n) is 5.25. The molecule has 5 nitrogen and oxygen atoms in total. The van der Waals surface area contributed by atoms with Gasteiger partial charge in [-0.25, -0.2) is 0 Å². The van der Waals surface area contributed by atoms with Gasteiger partial charge in [0.25, 0.3) is 0 Å². The van der Waals surface area contributed by atoms with Crippen molar-refractivity contribution in [2.24, 2.45) is 0 Å². The molecule has 0 radical (unpaired) electrons. The third kappa shape index (κ3) is 5.85. The molecule has 1 rings (SSSR count). The van der Waals surface area contributed by atoms with E-state index in [1.165, 1.54) is 0 Å². The first kappa shape index (κ1) is 14.7. The Morgan fingerprint density at radius 3 is 2.61 bits per heavy atom. The lowest BCUT2D eigenvalue weighted by molar-refractivity contribution is -0.134. The first-order chi connectivity index (χ1) is 8.40. The summed E-state index contributed by atoms with van der Waals surface area (Å²) in [6, 6.07) is 0.0378. The number of rotatable bonds is 6. The van der Waals surface area contributed by atoms with E-state index in [2.05, 4.69) is 20.3 Å². The van der Waals surface area contributed by atoms with Gasteiger partial charge in [-0.15, -0.1) is 0 Å². The first-order valence-corrected chi connectivity index (χ1v) is 5.63. The van der Waals surface area contributed by atoms with Crippen molar-refractivity contribution in [3.8, 4) is 6.01 Å². The SMILES string of the molecule is CCOc1nc(Cl)nc(NCCCC(F)(F)F)n1. The summed E-state index contributed by atoms with van der Waals surface area (Å²) in [5, 5.41) is 2.55. The Hall–Kier alpha value is -1.31. The van der Waals surface area contributed by atoms with E-state index in [0.29, 0.717) is 6.61 Å². The Balaban J connectivity index is 2.46. The number of nitrogens with zero attached hydrogens (tertiary/aromatic N) is 3. The summed E-state index contributed by atoms with van der Waals surface area (Å²) in [5.74, 6) is 0.0978. The number of alkyl halides is 3. The standard InChI is InChI=1S/C9H12ClF3N4O/c1-2-18-8-16-6(10)15-7(17-8)14-5-3-4-9(11,12)13/h2-5H2,1H3,(H,14,15,16,17). The fourth-order valence-corrected chi connectivity index (χ4v) is 1.25. The zero-order valence-corrected chi connectivity index (χ0v) is 10.3. The minimum Gasteiger partial charge on any atom is -0.464 e. The second-order valence-electron chi connectivity index (χ2n) is 3.29. The van der Waals surface area contributed by atoms with Gasteiger partial charge in [0.05, 0.1) is 6.61 Å². The highest BCUT2D eigenvalue weighted by atomic mass is 35.5. The molecule has 0 unspecified atom stereocenters. The summed E-state index contributed by atoms with van der Waals surface area (Å²) in [5.41, 5.74) is 0. The van der Waals surface area contributed by atoms with Gasteiger partial charge >= 0.3 is 12.2 Å². The lowest BCUT2D eigenvalue weighted by atomic mass is 10.3. The predicted molar refractivity (Wildman–Crippen MR) is 59.8 cm³/mol. The van der Waals surface area contributed by atoms with Gasteiger partial charge < -0.3 is 10.1 Å². The minimum atomic E-state index is -4.16. The number of halogens is 4. The number of hydrogen-bond donors (Lipinski definition) is 1. The van der Waals surface area contributed by atoms with Crippen molar-refractivity contribution in [1.29, 1.82) is 0 Å². The van der Waals surface area contributed by atoms with Crippen LogP contribution in [0.2, 0.25) is 5.28 Å². The Kier molecular flexibility index (Phi) is 5.39. The third-order valence-electron chi connectivity index (χ3n) is 1.78. The van der Waals surface area contributed by atoms with Crippen LogP contribution in [0.1, 0.15) is 19.8 Å². The summed E-state index contributed by atoms with van der Waals surface area (Å²) in [6.07, 6.45) is -5.09. The molecule has 102 valence electrons. The number of nitrogens with one attached hydrogen (secondary N) is 1. The van der Waals surface area contributed by atoms with E-state index in [1.807, 2.05) is 0 Å². The average molecular weight is 285 g/mol. The Morgan fingerprint density at radius 2 is 2.00 bits per heavy atom. The summed E-state index contributed by atoms with van der Waals surface area (Å²) in [7, 11) is 0. The van der Waals surface area contributed by atoms with Crippen LogP contribution >= 0.6 is 11.6 Å². The zero-order chi connectivity index (χ0) is 13.6. The highest BCUT2D eigenvalue weighted by molar-refractivity contribution is 6.28. The van der Waals surface area contributed by atoms with E-state index in [4.69, 9.17) is 16.3 Å². The van der Waals surface area contributed by atoms with Crippen LogP contribution in [-0.2, 0) is 0 Å². The van der Waals surface area contributed by atoms with Crippen molar-refractivity contribution in [2.45, 2.75) is 25.9 Å². The fraction of sp³-hybridized carbons (Fsp3) is 0.667. The molecule has 0 aliphatic carbocycles. The molecular formula is C9H12ClF3N4O. The highest BCUT2D eigenvalue weighted by Crippen LogP contribution is 2.21. The zero-order valence-electron chi connectivity index (χ0n) is 9.59. The molecule has 1 heterocycles. The second-order valence-corrected chi connectivity index (χ2v) is 3.63. The lowest BCUT2D eigenvalue weighted by Crippen LogP contribution is -2.12. The molecule has 0 bridgehead atoms. The molecule has 0 amide bonds. The van der Waals surface area contributed by atoms with Crippen LogP contribution in [0.3, 0.4) is 0 Å². The smallest absolute Gasteiger partial charge is 0.389 e. The molecule has 1 N–H and O–H groups in total. The van der Waals surface area contributed by atoms with Crippen LogP contribution in [0.25, 0.3) is 0 Å². The van der Waals surface area contributed by atoms with E-state index in [9.17, 15) is 13.2 Å². The maximum atomic E-state index is 11.9. The third-order valence-corrected chi connectivity index (χ3v) is 1.95. The maximum absolute atomic E-state index is 11.9. The number of anilines is 1. The molecule has 1 aromatic heterocycles. The molecule has 0 saturated carbocycles. The van der Waals surface area contributed by atoms with Crippen LogP contribution in [-0.4, -0.2) is 34.3 Å². The van der Waals surface area contributed by atoms with Crippen LogP contribution in [0.5, 0.6) is 6.01 Å². The molecule has 0 aromatic carbocycles. The number of hydrogen-bond acceptors (Lipinski definition) is 5. The molecule has 0 fully saturated rings. The predicted octanol–water partition coefficient (Wildman–Crippen LogP) is 2.68. The van der Waals surface area contributed by atoms with Crippen molar-refractivity contribution in [1.82, 2.24) is 15.0 Å². The van der Waals surface area contributed by atoms with Gasteiger partial charge in [0.1, 0.15) is 0 Å². The Bertz CT molecular complexity index is 389. The second kappa shape index (κ2) is 6.58. The monoisotopic (exact) mass is 284 g/mol. The van der Waals surface area contributed by atoms with Gasteiger partial charge in [-0.05, 0) is 24.9 Å². The quantitative estimate of drug-likeness (QED) is 0.814. The van der Waals surface area contributed by atoms with Crippen molar-refractivity contribution >= 4 is 17.5 Å². The van der Waals surface area contributed by atoms with Gasteiger partial charge in [0, 0.05) is 13.0 Å². The Labute approximate surface area is 107 Å². The summed E-state index contributed by atoms with van der Waals surface area (Å²) >= 11 is 5.61. The van der Waals surface area contributed by atoms with Gasteiger partial charge in [-0.3, -0.25) is 0 Å². The summed E-state index contributed by atoms with van der Waals surface area (Å²) in [4.78, 5) is 11.2. The average Bonchev–Trinajstić information content (AvgIpc) is 2.23. The highest BCUT2D eigenvalue weighted by Gasteiger charge is 2.25. The number of ether oxygens (including phenoxy) is 1. The van der Waals surface area contributed by atoms with Crippen LogP contribution in [0.4, 0.5) is 19.1 Å². The topological polar surface area (TPSA) is 59.9 Å². The normalized spacial score (nSPS) is 11.4. The van der Waals surface area contributed by atoms with Gasteiger partial charge in [-0.1, -0.05) is 0 Å². The van der Waals surface area contributed by atoms with E-state index in [-0.39, 0.29) is 30.2 Å². The molecule has 0 atom stereocenters. The largest absolute Gasteiger partial charge is 0.464 e. The van der Waals surface area contributed by atoms with E-state index >= 15 is 0 Å². The molecular weight excluding hydrogens is 273 g/mol. The van der Waals surface area contributed by atoms with Crippen molar-refractivity contribution < 1.29 is 17.9 Å². The van der Waals surface area contributed by atoms with Crippen molar-refractivity contribution in [2.75, 3.05) is 18.5 Å². The lowest BCUT2D eigenvalue weighted by Gasteiger charge is -2.08. The van der Waals surface area contributed by atoms with Gasteiger partial charge in [0.2, 0.25) is 11.2 Å². The van der Waals surface area contributed by atoms with Gasteiger partial charge in [0.15, 0.2) is 0 Å². The molecule has 18 heavy (non-hydrogen) atoms. The van der Waals surface area contributed by atoms with Gasteiger partial charge in [-0.2, -0.15) is 28.1 Å². The van der Waals surface area contributed by atoms with E-state index in [0.717, 1.165) is 0 Å². The molecule has 9 heteroatoms. The minimum absolute atomic E-state index is 0.0378. The van der Waals surface area contributed by atoms with Crippen molar-refractivity contribution in [3.05, 3.63) is 5.28 Å². The summed E-state index contributed by atoms with van der Waals surface area (Å²) < 4.78 is 40.7. The molecule has 0 saturated heterocycles. The Morgan fingerprint density at radius 1 is 1.28 bits per heavy atom. The summed E-state index contributed by atoms with van der Waals surface area (Å²) in [6.45, 7) is 2.19. The van der Waals surface area contributed by atoms with Crippen LogP contribution in [0, 0.1) is 0 Å². The number of aromatic nitrogens is 3. The van der Waals surface area contributed by atoms with Crippen LogP contribution in [0.15, 0.2) is 0 Å². The van der Waals surface area contributed by atoms with Crippen LogP contribution < -0.4 is 10.1 Å². The van der Waals surface area contributed by atoms with E-state index < -0.39 is 12.6 Å². The maximum Gasteiger partial charge on any atom is 0.389 e. The van der Waals surface area contributed by atoms with E-state index in [1.54, 1.807) is 6.92 Å². The molecule has 0 aliphatic rings. The van der Waals surface area contributed by atoms with Crippen molar-refractivity contribution in [3.63, 3.8) is 0 Å². The fourth-order valence-electron chi connectivity index (χ4n) is 1.09. The molecule has 0 spiro atoms. The molecule has 1 aromatic rings. The molecule has 0 aliphatic heterocycles.